The van der Waals surface area contributed by atoms with Crippen LogP contribution in [-0.4, -0.2) is 49.2 Å². The molecule has 1 aromatic heterocycles. The quantitative estimate of drug-likeness (QED) is 0.827. The molecule has 1 aliphatic rings. The Morgan fingerprint density at radius 1 is 1.33 bits per heavy atom. The van der Waals surface area contributed by atoms with Crippen molar-refractivity contribution in [3.63, 3.8) is 0 Å². The molecule has 0 unspecified atom stereocenters. The van der Waals surface area contributed by atoms with Crippen LogP contribution in [0.3, 0.4) is 0 Å². The number of hydrogen-bond acceptors (Lipinski definition) is 4. The van der Waals surface area contributed by atoms with Crippen LogP contribution in [0.2, 0.25) is 0 Å². The van der Waals surface area contributed by atoms with Crippen LogP contribution < -0.4 is 10.6 Å². The highest BCUT2D eigenvalue weighted by molar-refractivity contribution is 5.33. The van der Waals surface area contributed by atoms with E-state index in [2.05, 4.69) is 34.4 Å². The molecule has 0 aliphatic carbocycles. The minimum absolute atomic E-state index is 0.259. The molecular formula is C14H24N4. The normalized spacial score (nSPS) is 17.7. The largest absolute Gasteiger partial charge is 0.369 e. The van der Waals surface area contributed by atoms with Crippen LogP contribution in [0.1, 0.15) is 13.8 Å². The van der Waals surface area contributed by atoms with Gasteiger partial charge >= 0.3 is 0 Å². The van der Waals surface area contributed by atoms with Gasteiger partial charge in [-0.15, -0.1) is 0 Å². The second-order valence-electron chi connectivity index (χ2n) is 5.76. The summed E-state index contributed by atoms with van der Waals surface area (Å²) < 4.78 is 0. The Hall–Kier alpha value is -1.13. The van der Waals surface area contributed by atoms with Crippen molar-refractivity contribution in [3.05, 3.63) is 24.4 Å². The summed E-state index contributed by atoms with van der Waals surface area (Å²) in [5.41, 5.74) is 0.259. The van der Waals surface area contributed by atoms with E-state index in [9.17, 15) is 0 Å². The van der Waals surface area contributed by atoms with Crippen LogP contribution in [0.15, 0.2) is 24.4 Å². The fourth-order valence-corrected chi connectivity index (χ4v) is 2.33. The van der Waals surface area contributed by atoms with Crippen LogP contribution in [0.5, 0.6) is 0 Å². The van der Waals surface area contributed by atoms with Crippen molar-refractivity contribution < 1.29 is 0 Å². The summed E-state index contributed by atoms with van der Waals surface area (Å²) in [7, 11) is 0. The topological polar surface area (TPSA) is 40.2 Å². The second kappa shape index (κ2) is 6.16. The standard InChI is InChI=1S/C14H24N4/c1-14(2,12-18-9-7-15-8-10-18)11-17-13-5-3-4-6-16-13/h3-6,15H,7-12H2,1-2H3,(H,16,17). The lowest BCUT2D eigenvalue weighted by Gasteiger charge is -2.35. The van der Waals surface area contributed by atoms with E-state index in [1.807, 2.05) is 24.4 Å². The van der Waals surface area contributed by atoms with Crippen LogP contribution in [0, 0.1) is 5.41 Å². The summed E-state index contributed by atoms with van der Waals surface area (Å²) in [5.74, 6) is 0.964. The van der Waals surface area contributed by atoms with Crippen molar-refractivity contribution in [3.8, 4) is 0 Å². The summed E-state index contributed by atoms with van der Waals surface area (Å²) in [6, 6.07) is 5.97. The number of nitrogens with zero attached hydrogens (tertiary/aromatic N) is 2. The molecule has 1 aliphatic heterocycles. The summed E-state index contributed by atoms with van der Waals surface area (Å²) in [6.07, 6.45) is 1.83. The maximum absolute atomic E-state index is 4.29. The zero-order valence-electron chi connectivity index (χ0n) is 11.4. The Morgan fingerprint density at radius 2 is 2.11 bits per heavy atom. The number of nitrogens with one attached hydrogen (secondary N) is 2. The van der Waals surface area contributed by atoms with Crippen LogP contribution >= 0.6 is 0 Å². The number of aromatic nitrogens is 1. The first-order chi connectivity index (χ1) is 8.66. The van der Waals surface area contributed by atoms with E-state index in [1.54, 1.807) is 0 Å². The van der Waals surface area contributed by atoms with E-state index in [4.69, 9.17) is 0 Å². The molecular weight excluding hydrogens is 224 g/mol. The van der Waals surface area contributed by atoms with E-state index in [-0.39, 0.29) is 5.41 Å². The van der Waals surface area contributed by atoms with Crippen molar-refractivity contribution >= 4 is 5.82 Å². The van der Waals surface area contributed by atoms with Gasteiger partial charge in [0.25, 0.3) is 0 Å². The predicted octanol–water partition coefficient (Wildman–Crippen LogP) is 1.42. The average molecular weight is 248 g/mol. The number of pyridine rings is 1. The molecule has 1 fully saturated rings. The second-order valence-corrected chi connectivity index (χ2v) is 5.76. The van der Waals surface area contributed by atoms with Crippen LogP contribution in [0.25, 0.3) is 0 Å². The zero-order chi connectivity index (χ0) is 12.8. The van der Waals surface area contributed by atoms with Gasteiger partial charge in [-0.2, -0.15) is 0 Å². The molecule has 2 N–H and O–H groups in total. The maximum atomic E-state index is 4.29. The first-order valence-electron chi connectivity index (χ1n) is 6.74. The molecule has 2 heterocycles. The lowest BCUT2D eigenvalue weighted by molar-refractivity contribution is 0.168. The Kier molecular flexibility index (Phi) is 4.55. The molecule has 0 saturated carbocycles. The zero-order valence-corrected chi connectivity index (χ0v) is 11.4. The summed E-state index contributed by atoms with van der Waals surface area (Å²) >= 11 is 0. The third kappa shape index (κ3) is 4.27. The first-order valence-corrected chi connectivity index (χ1v) is 6.74. The molecule has 1 saturated heterocycles. The minimum Gasteiger partial charge on any atom is -0.369 e. The Morgan fingerprint density at radius 3 is 2.78 bits per heavy atom. The highest BCUT2D eigenvalue weighted by atomic mass is 15.2. The smallest absolute Gasteiger partial charge is 0.125 e. The number of rotatable bonds is 5. The van der Waals surface area contributed by atoms with Crippen molar-refractivity contribution in [1.82, 2.24) is 15.2 Å². The molecule has 2 rings (SSSR count). The molecule has 4 nitrogen and oxygen atoms in total. The third-order valence-electron chi connectivity index (χ3n) is 3.27. The van der Waals surface area contributed by atoms with Crippen LogP contribution in [0.4, 0.5) is 5.82 Å². The van der Waals surface area contributed by atoms with Crippen molar-refractivity contribution in [1.29, 1.82) is 0 Å². The van der Waals surface area contributed by atoms with Gasteiger partial charge in [0.15, 0.2) is 0 Å². The minimum atomic E-state index is 0.259. The number of anilines is 1. The monoisotopic (exact) mass is 248 g/mol. The van der Waals surface area contributed by atoms with Crippen molar-refractivity contribution in [2.24, 2.45) is 5.41 Å². The number of hydrogen-bond donors (Lipinski definition) is 2. The van der Waals surface area contributed by atoms with Gasteiger partial charge in [0.1, 0.15) is 5.82 Å². The van der Waals surface area contributed by atoms with Gasteiger partial charge in [-0.25, -0.2) is 4.98 Å². The molecule has 0 amide bonds. The fraction of sp³-hybridized carbons (Fsp3) is 0.643. The summed E-state index contributed by atoms with van der Waals surface area (Å²) in [4.78, 5) is 6.83. The van der Waals surface area contributed by atoms with Crippen molar-refractivity contribution in [2.45, 2.75) is 13.8 Å². The summed E-state index contributed by atoms with van der Waals surface area (Å²) in [6.45, 7) is 11.3. The van der Waals surface area contributed by atoms with Gasteiger partial charge in [-0.3, -0.25) is 0 Å². The first kappa shape index (κ1) is 13.3. The van der Waals surface area contributed by atoms with E-state index in [1.165, 1.54) is 0 Å². The van der Waals surface area contributed by atoms with Crippen LogP contribution in [-0.2, 0) is 0 Å². The number of piperazine rings is 1. The highest BCUT2D eigenvalue weighted by Crippen LogP contribution is 2.18. The van der Waals surface area contributed by atoms with E-state index < -0.39 is 0 Å². The fourth-order valence-electron chi connectivity index (χ4n) is 2.33. The summed E-state index contributed by atoms with van der Waals surface area (Å²) in [5, 5.41) is 6.81. The van der Waals surface area contributed by atoms with E-state index in [0.717, 1.165) is 45.1 Å². The highest BCUT2D eigenvalue weighted by Gasteiger charge is 2.22. The Labute approximate surface area is 110 Å². The lowest BCUT2D eigenvalue weighted by Crippen LogP contribution is -2.48. The molecule has 100 valence electrons. The van der Waals surface area contributed by atoms with Crippen molar-refractivity contribution in [2.75, 3.05) is 44.6 Å². The predicted molar refractivity (Wildman–Crippen MR) is 75.8 cm³/mol. The molecule has 4 heteroatoms. The SMILES string of the molecule is CC(C)(CNc1ccccn1)CN1CCNCC1. The van der Waals surface area contributed by atoms with Gasteiger partial charge in [-0.1, -0.05) is 19.9 Å². The molecule has 0 spiro atoms. The van der Waals surface area contributed by atoms with Gasteiger partial charge < -0.3 is 15.5 Å². The molecule has 18 heavy (non-hydrogen) atoms. The van der Waals surface area contributed by atoms with Gasteiger partial charge in [0.2, 0.25) is 0 Å². The van der Waals surface area contributed by atoms with E-state index >= 15 is 0 Å². The van der Waals surface area contributed by atoms with Gasteiger partial charge in [0, 0.05) is 45.5 Å². The molecule has 1 aromatic rings. The maximum Gasteiger partial charge on any atom is 0.125 e. The molecule has 0 radical (unpaired) electrons. The third-order valence-corrected chi connectivity index (χ3v) is 3.27. The Balaban J connectivity index is 1.79. The Bertz CT molecular complexity index is 344. The lowest BCUT2D eigenvalue weighted by atomic mass is 9.92. The van der Waals surface area contributed by atoms with E-state index in [0.29, 0.717) is 0 Å². The molecule has 0 atom stereocenters. The van der Waals surface area contributed by atoms with Gasteiger partial charge in [-0.05, 0) is 17.5 Å². The molecule has 0 aromatic carbocycles. The molecule has 0 bridgehead atoms. The average Bonchev–Trinajstić information content (AvgIpc) is 2.38. The van der Waals surface area contributed by atoms with Gasteiger partial charge in [0.05, 0.1) is 0 Å².